The number of nitriles is 2. The second kappa shape index (κ2) is 11.5. The fraction of sp³-hybridized carbons (Fsp3) is 0.160. The Morgan fingerprint density at radius 2 is 1.82 bits per heavy atom. The van der Waals surface area contributed by atoms with Crippen molar-refractivity contribution >= 4 is 29.3 Å². The van der Waals surface area contributed by atoms with E-state index >= 15 is 0 Å². The van der Waals surface area contributed by atoms with Crippen molar-refractivity contribution in [2.45, 2.75) is 18.7 Å². The highest BCUT2D eigenvalue weighted by Crippen LogP contribution is 2.35. The Bertz CT molecular complexity index is 1270. The second-order valence-corrected chi connectivity index (χ2v) is 8.23. The summed E-state index contributed by atoms with van der Waals surface area (Å²) in [6.07, 6.45) is 3.20. The first-order chi connectivity index (χ1) is 16.4. The number of hydrogen-bond donors (Lipinski definition) is 2. The number of aryl methyl sites for hydroxylation is 2. The maximum atomic E-state index is 12.1. The molecule has 170 valence electrons. The van der Waals surface area contributed by atoms with Crippen LogP contribution in [0.25, 0.3) is 0 Å². The number of rotatable bonds is 9. The molecule has 0 bridgehead atoms. The second-order valence-electron chi connectivity index (χ2n) is 7.21. The Morgan fingerprint density at radius 3 is 2.44 bits per heavy atom. The molecule has 0 saturated heterocycles. The Morgan fingerprint density at radius 1 is 1.15 bits per heavy atom. The van der Waals surface area contributed by atoms with Crippen molar-refractivity contribution in [3.63, 3.8) is 0 Å². The van der Waals surface area contributed by atoms with Gasteiger partial charge in [-0.25, -0.2) is 4.98 Å². The summed E-state index contributed by atoms with van der Waals surface area (Å²) in [4.78, 5) is 21.5. The van der Waals surface area contributed by atoms with Crippen molar-refractivity contribution in [3.8, 4) is 23.8 Å². The molecule has 0 atom stereocenters. The van der Waals surface area contributed by atoms with Crippen LogP contribution in [0.2, 0.25) is 0 Å². The Balaban J connectivity index is 1.91. The molecule has 0 aliphatic rings. The van der Waals surface area contributed by atoms with Crippen molar-refractivity contribution < 1.29 is 9.53 Å². The zero-order chi connectivity index (χ0) is 24.5. The Kier molecular flexibility index (Phi) is 8.22. The van der Waals surface area contributed by atoms with Gasteiger partial charge < -0.3 is 15.4 Å². The summed E-state index contributed by atoms with van der Waals surface area (Å²) >= 11 is 1.25. The number of carbonyl (C=O) groups excluding carboxylic acids is 1. The maximum absolute atomic E-state index is 12.1. The molecule has 1 amide bonds. The van der Waals surface area contributed by atoms with Gasteiger partial charge in [-0.3, -0.25) is 4.79 Å². The van der Waals surface area contributed by atoms with Gasteiger partial charge in [0.2, 0.25) is 17.7 Å². The quantitative estimate of drug-likeness (QED) is 0.339. The summed E-state index contributed by atoms with van der Waals surface area (Å²) in [5.74, 6) is 1.16. The summed E-state index contributed by atoms with van der Waals surface area (Å²) in [6, 6.07) is 14.6. The molecule has 2 aromatic carbocycles. The number of hydrogen-bond acceptors (Lipinski definition) is 8. The fourth-order valence-electron chi connectivity index (χ4n) is 3.00. The van der Waals surface area contributed by atoms with E-state index < -0.39 is 0 Å². The number of aromatic nitrogens is 2. The van der Waals surface area contributed by atoms with Gasteiger partial charge >= 0.3 is 0 Å². The molecule has 0 aliphatic carbocycles. The van der Waals surface area contributed by atoms with Crippen LogP contribution in [0.3, 0.4) is 0 Å². The number of nitrogens with one attached hydrogen (secondary N) is 2. The van der Waals surface area contributed by atoms with Crippen molar-refractivity contribution in [3.05, 3.63) is 77.5 Å². The van der Waals surface area contributed by atoms with Crippen molar-refractivity contribution in [1.82, 2.24) is 15.3 Å². The summed E-state index contributed by atoms with van der Waals surface area (Å²) < 4.78 is 6.19. The van der Waals surface area contributed by atoms with Gasteiger partial charge in [-0.2, -0.15) is 15.5 Å². The van der Waals surface area contributed by atoms with Crippen LogP contribution in [0.5, 0.6) is 11.6 Å². The summed E-state index contributed by atoms with van der Waals surface area (Å²) in [5, 5.41) is 24.0. The van der Waals surface area contributed by atoms with Gasteiger partial charge in [0.1, 0.15) is 5.75 Å². The summed E-state index contributed by atoms with van der Waals surface area (Å²) in [7, 11) is 0. The van der Waals surface area contributed by atoms with Crippen LogP contribution in [0.15, 0.2) is 60.1 Å². The average molecular weight is 471 g/mol. The number of anilines is 2. The van der Waals surface area contributed by atoms with Gasteiger partial charge in [0.25, 0.3) is 0 Å². The third-order valence-electron chi connectivity index (χ3n) is 4.58. The van der Waals surface area contributed by atoms with E-state index in [4.69, 9.17) is 10.00 Å². The molecule has 34 heavy (non-hydrogen) atoms. The molecule has 9 heteroatoms. The maximum Gasteiger partial charge on any atom is 0.237 e. The Labute approximate surface area is 202 Å². The number of thioether (sulfide) groups is 1. The molecule has 0 spiro atoms. The van der Waals surface area contributed by atoms with Crippen LogP contribution < -0.4 is 15.4 Å². The van der Waals surface area contributed by atoms with E-state index in [0.29, 0.717) is 40.0 Å². The van der Waals surface area contributed by atoms with Crippen molar-refractivity contribution in [1.29, 1.82) is 10.5 Å². The van der Waals surface area contributed by atoms with E-state index in [0.717, 1.165) is 11.1 Å². The fourth-order valence-corrected chi connectivity index (χ4v) is 3.72. The van der Waals surface area contributed by atoms with Gasteiger partial charge in [0.15, 0.2) is 0 Å². The standard InChI is InChI=1S/C25H22N6O2S/c1-4-9-28-22(32)15-34-21-14-29-25(30-20-7-5-18(12-26)6-8-20)31-24(21)33-23-16(2)10-19(13-27)11-17(23)3/h4-8,10-11,14H,1,9,15H2,2-3H3,(H,28,32)(H,29,30,31). The van der Waals surface area contributed by atoms with E-state index in [2.05, 4.69) is 39.3 Å². The molecule has 3 aromatic rings. The SMILES string of the molecule is C=CCNC(=O)CSc1cnc(Nc2ccc(C#N)cc2)nc1Oc1c(C)cc(C#N)cc1C. The van der Waals surface area contributed by atoms with E-state index in [9.17, 15) is 10.1 Å². The summed E-state index contributed by atoms with van der Waals surface area (Å²) in [5.41, 5.74) is 3.37. The van der Waals surface area contributed by atoms with Gasteiger partial charge in [-0.05, 0) is 61.4 Å². The van der Waals surface area contributed by atoms with Crippen molar-refractivity contribution in [2.75, 3.05) is 17.6 Å². The van der Waals surface area contributed by atoms with Gasteiger partial charge in [-0.1, -0.05) is 6.08 Å². The molecule has 0 aliphatic heterocycles. The largest absolute Gasteiger partial charge is 0.437 e. The van der Waals surface area contributed by atoms with E-state index in [1.165, 1.54) is 11.8 Å². The molecule has 0 radical (unpaired) electrons. The third-order valence-corrected chi connectivity index (χ3v) is 5.58. The van der Waals surface area contributed by atoms with E-state index in [-0.39, 0.29) is 17.5 Å². The molecule has 0 unspecified atom stereocenters. The molecule has 2 N–H and O–H groups in total. The normalized spacial score (nSPS) is 10.0. The summed E-state index contributed by atoms with van der Waals surface area (Å²) in [6.45, 7) is 7.69. The minimum atomic E-state index is -0.152. The van der Waals surface area contributed by atoms with E-state index in [1.807, 2.05) is 13.8 Å². The predicted octanol–water partition coefficient (Wildman–Crippen LogP) is 4.77. The molecule has 8 nitrogen and oxygen atoms in total. The molecule has 3 rings (SSSR count). The van der Waals surface area contributed by atoms with Crippen molar-refractivity contribution in [2.24, 2.45) is 0 Å². The van der Waals surface area contributed by atoms with Crippen LogP contribution in [0.4, 0.5) is 11.6 Å². The first-order valence-corrected chi connectivity index (χ1v) is 11.3. The lowest BCUT2D eigenvalue weighted by Gasteiger charge is -2.15. The number of carbonyl (C=O) groups is 1. The molecule has 0 saturated carbocycles. The highest BCUT2D eigenvalue weighted by atomic mass is 32.2. The van der Waals surface area contributed by atoms with Crippen LogP contribution >= 0.6 is 11.8 Å². The highest BCUT2D eigenvalue weighted by Gasteiger charge is 2.16. The van der Waals surface area contributed by atoms with Gasteiger partial charge in [-0.15, -0.1) is 18.3 Å². The van der Waals surface area contributed by atoms with Gasteiger partial charge in [0, 0.05) is 18.4 Å². The number of amides is 1. The smallest absolute Gasteiger partial charge is 0.237 e. The number of ether oxygens (including phenoxy) is 1. The first kappa shape index (κ1) is 24.3. The molecule has 0 fully saturated rings. The van der Waals surface area contributed by atoms with Crippen LogP contribution in [-0.2, 0) is 4.79 Å². The number of nitrogens with zero attached hydrogens (tertiary/aromatic N) is 4. The molecule has 1 heterocycles. The lowest BCUT2D eigenvalue weighted by molar-refractivity contribution is -0.118. The lowest BCUT2D eigenvalue weighted by atomic mass is 10.1. The molecular weight excluding hydrogens is 448 g/mol. The minimum absolute atomic E-state index is 0.152. The van der Waals surface area contributed by atoms with Crippen LogP contribution in [-0.4, -0.2) is 28.2 Å². The van der Waals surface area contributed by atoms with Gasteiger partial charge in [0.05, 0.1) is 33.9 Å². The highest BCUT2D eigenvalue weighted by molar-refractivity contribution is 8.00. The zero-order valence-corrected chi connectivity index (χ0v) is 19.6. The number of benzene rings is 2. The first-order valence-electron chi connectivity index (χ1n) is 10.3. The predicted molar refractivity (Wildman–Crippen MR) is 131 cm³/mol. The van der Waals surface area contributed by atoms with Crippen LogP contribution in [0.1, 0.15) is 22.3 Å². The Hall–Kier alpha value is -4.34. The topological polar surface area (TPSA) is 124 Å². The van der Waals surface area contributed by atoms with Crippen LogP contribution in [0, 0.1) is 36.5 Å². The van der Waals surface area contributed by atoms with E-state index in [1.54, 1.807) is 48.7 Å². The molecule has 1 aromatic heterocycles. The average Bonchev–Trinajstić information content (AvgIpc) is 2.84. The third kappa shape index (κ3) is 6.35. The monoisotopic (exact) mass is 470 g/mol. The molecular formula is C25H22N6O2S. The zero-order valence-electron chi connectivity index (χ0n) is 18.8. The lowest BCUT2D eigenvalue weighted by Crippen LogP contribution is -2.24. The minimum Gasteiger partial charge on any atom is -0.437 e.